The molecule has 1 aliphatic carbocycles. The van der Waals surface area contributed by atoms with E-state index in [0.717, 1.165) is 5.56 Å². The SMILES string of the molecule is O=C1CC=C(Cc2ccccc2)C(C(F)(F)F)=C1Cl. The van der Waals surface area contributed by atoms with Crippen LogP contribution in [0.25, 0.3) is 0 Å². The first kappa shape index (κ1) is 13.9. The van der Waals surface area contributed by atoms with Crippen LogP contribution >= 0.6 is 11.6 Å². The van der Waals surface area contributed by atoms with Crippen LogP contribution in [0.15, 0.2) is 52.6 Å². The van der Waals surface area contributed by atoms with Crippen molar-refractivity contribution in [2.24, 2.45) is 0 Å². The second-order valence-electron chi connectivity index (χ2n) is 4.21. The summed E-state index contributed by atoms with van der Waals surface area (Å²) in [6.07, 6.45) is -3.28. The smallest absolute Gasteiger partial charge is 0.293 e. The van der Waals surface area contributed by atoms with Crippen LogP contribution in [0.2, 0.25) is 0 Å². The van der Waals surface area contributed by atoms with Gasteiger partial charge in [-0.25, -0.2) is 0 Å². The molecule has 19 heavy (non-hydrogen) atoms. The first-order valence-corrected chi connectivity index (χ1v) is 6.01. The van der Waals surface area contributed by atoms with Crippen molar-refractivity contribution in [1.29, 1.82) is 0 Å². The van der Waals surface area contributed by atoms with E-state index in [-0.39, 0.29) is 18.4 Å². The molecule has 1 aromatic carbocycles. The number of allylic oxidation sites excluding steroid dienone is 4. The van der Waals surface area contributed by atoms with E-state index in [1.165, 1.54) is 6.08 Å². The molecule has 0 N–H and O–H groups in total. The molecule has 0 atom stereocenters. The number of halogens is 4. The zero-order valence-corrected chi connectivity index (χ0v) is 10.6. The van der Waals surface area contributed by atoms with Gasteiger partial charge in [0.2, 0.25) is 0 Å². The molecule has 0 heterocycles. The molecule has 0 aliphatic heterocycles. The Labute approximate surface area is 113 Å². The van der Waals surface area contributed by atoms with E-state index in [2.05, 4.69) is 0 Å². The third kappa shape index (κ3) is 3.07. The minimum atomic E-state index is -4.62. The second-order valence-corrected chi connectivity index (χ2v) is 4.58. The van der Waals surface area contributed by atoms with Crippen LogP contribution in [0.1, 0.15) is 12.0 Å². The Balaban J connectivity index is 2.37. The van der Waals surface area contributed by atoms with E-state index in [4.69, 9.17) is 11.6 Å². The molecule has 1 aromatic rings. The summed E-state index contributed by atoms with van der Waals surface area (Å²) in [5.74, 6) is -0.689. The van der Waals surface area contributed by atoms with Crippen LogP contribution in [0.3, 0.4) is 0 Å². The van der Waals surface area contributed by atoms with E-state index in [0.29, 0.717) is 0 Å². The summed E-state index contributed by atoms with van der Waals surface area (Å²) < 4.78 is 38.9. The van der Waals surface area contributed by atoms with Gasteiger partial charge in [0.1, 0.15) is 0 Å². The van der Waals surface area contributed by atoms with E-state index < -0.39 is 22.6 Å². The van der Waals surface area contributed by atoms with Gasteiger partial charge in [-0.1, -0.05) is 48.0 Å². The lowest BCUT2D eigenvalue weighted by Gasteiger charge is -2.20. The summed E-state index contributed by atoms with van der Waals surface area (Å²) in [6, 6.07) is 8.76. The molecule has 100 valence electrons. The zero-order chi connectivity index (χ0) is 14.0. The molecular weight excluding hydrogens is 277 g/mol. The van der Waals surface area contributed by atoms with Gasteiger partial charge in [-0.3, -0.25) is 4.79 Å². The molecule has 0 aromatic heterocycles. The third-order valence-corrected chi connectivity index (χ3v) is 3.24. The maximum absolute atomic E-state index is 13.0. The summed E-state index contributed by atoms with van der Waals surface area (Å²) in [4.78, 5) is 11.3. The number of carbonyl (C=O) groups is 1. The average molecular weight is 287 g/mol. The first-order valence-electron chi connectivity index (χ1n) is 5.63. The number of ketones is 1. The number of alkyl halides is 3. The number of Topliss-reactive ketones (excluding diaryl/α,β-unsaturated/α-hetero) is 1. The topological polar surface area (TPSA) is 17.1 Å². The fraction of sp³-hybridized carbons (Fsp3) is 0.214. The molecule has 0 spiro atoms. The second kappa shape index (κ2) is 5.21. The molecule has 0 amide bonds. The van der Waals surface area contributed by atoms with Crippen LogP contribution in [0.4, 0.5) is 13.2 Å². The molecule has 2 rings (SSSR count). The van der Waals surface area contributed by atoms with Crippen molar-refractivity contribution in [1.82, 2.24) is 0 Å². The van der Waals surface area contributed by atoms with Gasteiger partial charge in [-0.05, 0) is 17.6 Å². The van der Waals surface area contributed by atoms with E-state index in [1.807, 2.05) is 0 Å². The van der Waals surface area contributed by atoms with Gasteiger partial charge in [-0.2, -0.15) is 13.2 Å². The normalized spacial score (nSPS) is 16.6. The van der Waals surface area contributed by atoms with Gasteiger partial charge in [0.15, 0.2) is 5.78 Å². The Hall–Kier alpha value is -1.55. The van der Waals surface area contributed by atoms with Crippen molar-refractivity contribution in [2.75, 3.05) is 0 Å². The molecule has 0 saturated heterocycles. The predicted octanol–water partition coefficient (Wildman–Crippen LogP) is 4.18. The largest absolute Gasteiger partial charge is 0.418 e. The van der Waals surface area contributed by atoms with Crippen LogP contribution in [0, 0.1) is 0 Å². The molecule has 1 aliphatic rings. The van der Waals surface area contributed by atoms with Crippen molar-refractivity contribution in [3.63, 3.8) is 0 Å². The van der Waals surface area contributed by atoms with Crippen molar-refractivity contribution in [2.45, 2.75) is 19.0 Å². The minimum Gasteiger partial charge on any atom is -0.293 e. The number of hydrogen-bond donors (Lipinski definition) is 0. The summed E-state index contributed by atoms with van der Waals surface area (Å²) in [7, 11) is 0. The highest BCUT2D eigenvalue weighted by Crippen LogP contribution is 2.39. The summed E-state index contributed by atoms with van der Waals surface area (Å²) >= 11 is 5.55. The van der Waals surface area contributed by atoms with Crippen molar-refractivity contribution >= 4 is 17.4 Å². The van der Waals surface area contributed by atoms with E-state index in [1.54, 1.807) is 30.3 Å². The van der Waals surface area contributed by atoms with Gasteiger partial charge in [0.05, 0.1) is 10.6 Å². The zero-order valence-electron chi connectivity index (χ0n) is 9.80. The highest BCUT2D eigenvalue weighted by atomic mass is 35.5. The highest BCUT2D eigenvalue weighted by molar-refractivity contribution is 6.43. The molecule has 5 heteroatoms. The maximum Gasteiger partial charge on any atom is 0.418 e. The molecule has 0 radical (unpaired) electrons. The lowest BCUT2D eigenvalue weighted by molar-refractivity contribution is -0.116. The Bertz CT molecular complexity index is 556. The lowest BCUT2D eigenvalue weighted by Crippen LogP contribution is -2.22. The molecule has 0 saturated carbocycles. The lowest BCUT2D eigenvalue weighted by atomic mass is 9.91. The fourth-order valence-corrected chi connectivity index (χ4v) is 2.28. The van der Waals surface area contributed by atoms with Gasteiger partial charge < -0.3 is 0 Å². The van der Waals surface area contributed by atoms with E-state index in [9.17, 15) is 18.0 Å². The summed E-state index contributed by atoms with van der Waals surface area (Å²) in [5, 5.41) is -0.707. The Morgan fingerprint density at radius 1 is 1.16 bits per heavy atom. The first-order chi connectivity index (χ1) is 8.89. The molecule has 0 unspecified atom stereocenters. The number of rotatable bonds is 2. The fourth-order valence-electron chi connectivity index (χ4n) is 1.97. The highest BCUT2D eigenvalue weighted by Gasteiger charge is 2.41. The van der Waals surface area contributed by atoms with Crippen LogP contribution in [-0.2, 0) is 11.2 Å². The molecule has 1 nitrogen and oxygen atoms in total. The summed E-state index contributed by atoms with van der Waals surface area (Å²) in [6.45, 7) is 0. The van der Waals surface area contributed by atoms with Crippen LogP contribution < -0.4 is 0 Å². The Morgan fingerprint density at radius 2 is 1.79 bits per heavy atom. The third-order valence-electron chi connectivity index (χ3n) is 2.84. The predicted molar refractivity (Wildman–Crippen MR) is 66.8 cm³/mol. The minimum absolute atomic E-state index is 0.0586. The quantitative estimate of drug-likeness (QED) is 0.797. The van der Waals surface area contributed by atoms with E-state index >= 15 is 0 Å². The van der Waals surface area contributed by atoms with Crippen molar-refractivity contribution in [3.8, 4) is 0 Å². The van der Waals surface area contributed by atoms with Gasteiger partial charge in [0.25, 0.3) is 0 Å². The monoisotopic (exact) mass is 286 g/mol. The number of hydrogen-bond acceptors (Lipinski definition) is 1. The van der Waals surface area contributed by atoms with Crippen molar-refractivity contribution in [3.05, 3.63) is 58.1 Å². The molecular formula is C14H10ClF3O. The van der Waals surface area contributed by atoms with Gasteiger partial charge in [0, 0.05) is 6.42 Å². The molecule has 0 fully saturated rings. The number of carbonyl (C=O) groups excluding carboxylic acids is 1. The van der Waals surface area contributed by atoms with Gasteiger partial charge in [-0.15, -0.1) is 0 Å². The van der Waals surface area contributed by atoms with Gasteiger partial charge >= 0.3 is 6.18 Å². The average Bonchev–Trinajstić information content (AvgIpc) is 2.34. The number of benzene rings is 1. The standard InChI is InChI=1S/C14H10ClF3O/c15-13-11(19)7-6-10(12(13)14(16,17)18)8-9-4-2-1-3-5-9/h1-6H,7-8H2. The Kier molecular flexibility index (Phi) is 3.80. The summed E-state index contributed by atoms with van der Waals surface area (Å²) in [5.41, 5.74) is -0.202. The van der Waals surface area contributed by atoms with Crippen molar-refractivity contribution < 1.29 is 18.0 Å². The molecule has 0 bridgehead atoms. The Morgan fingerprint density at radius 3 is 2.37 bits per heavy atom. The van der Waals surface area contributed by atoms with Crippen LogP contribution in [-0.4, -0.2) is 12.0 Å². The van der Waals surface area contributed by atoms with Crippen LogP contribution in [0.5, 0.6) is 0 Å². The maximum atomic E-state index is 13.0.